The van der Waals surface area contributed by atoms with E-state index in [2.05, 4.69) is 9.97 Å². The molecule has 1 atom stereocenters. The third-order valence-electron chi connectivity index (χ3n) is 1.85. The van der Waals surface area contributed by atoms with Gasteiger partial charge in [0.2, 0.25) is 10.9 Å². The van der Waals surface area contributed by atoms with Crippen LogP contribution in [-0.4, -0.2) is 26.7 Å². The number of hydrogen-bond acceptors (Lipinski definition) is 6. The van der Waals surface area contributed by atoms with E-state index in [1.807, 2.05) is 0 Å². The second-order valence-electron chi connectivity index (χ2n) is 2.83. The quantitative estimate of drug-likeness (QED) is 0.585. The summed E-state index contributed by atoms with van der Waals surface area (Å²) in [5.74, 6) is 0.0982. The lowest BCUT2D eigenvalue weighted by molar-refractivity contribution is 0.112. The zero-order chi connectivity index (χ0) is 11.0. The fraction of sp³-hybridized carbons (Fsp3) is 0.125. The minimum Gasteiger partial charge on any atom is -0.445 e. The number of anilines is 1. The van der Waals surface area contributed by atoms with Gasteiger partial charge < -0.3 is 10.2 Å². The number of nitrogens with zero attached hydrogens (tertiary/aromatic N) is 2. The van der Waals surface area contributed by atoms with Gasteiger partial charge in [-0.25, -0.2) is 4.98 Å². The van der Waals surface area contributed by atoms with E-state index in [1.54, 1.807) is 0 Å². The summed E-state index contributed by atoms with van der Waals surface area (Å²) in [7, 11) is -1.34. The van der Waals surface area contributed by atoms with Gasteiger partial charge in [-0.3, -0.25) is 9.00 Å². The molecular weight excluding hydrogens is 218 g/mol. The number of rotatable bonds is 2. The number of nitrogen functional groups attached to an aromatic ring is 1. The van der Waals surface area contributed by atoms with Gasteiger partial charge in [-0.2, -0.15) is 4.98 Å². The fourth-order valence-electron chi connectivity index (χ4n) is 1.19. The number of aromatic nitrogens is 2. The molecule has 0 aliphatic heterocycles. The van der Waals surface area contributed by atoms with E-state index in [9.17, 15) is 9.00 Å². The lowest BCUT2D eigenvalue weighted by Crippen LogP contribution is -2.01. The Balaban J connectivity index is 2.80. The summed E-state index contributed by atoms with van der Waals surface area (Å²) in [5, 5.41) is 0.450. The summed E-state index contributed by atoms with van der Waals surface area (Å²) in [4.78, 5) is 18.3. The van der Waals surface area contributed by atoms with Crippen molar-refractivity contribution in [1.29, 1.82) is 0 Å². The van der Waals surface area contributed by atoms with Crippen molar-refractivity contribution in [1.82, 2.24) is 9.97 Å². The largest absolute Gasteiger partial charge is 0.445 e. The van der Waals surface area contributed by atoms with Crippen molar-refractivity contribution in [2.45, 2.75) is 5.16 Å². The first-order valence-electron chi connectivity index (χ1n) is 3.97. The van der Waals surface area contributed by atoms with E-state index < -0.39 is 10.8 Å². The number of fused-ring (bicyclic) bond motifs is 1. The van der Waals surface area contributed by atoms with Gasteiger partial charge in [0.15, 0.2) is 6.29 Å². The molecule has 2 heterocycles. The van der Waals surface area contributed by atoms with Crippen molar-refractivity contribution < 1.29 is 13.4 Å². The van der Waals surface area contributed by atoms with Crippen LogP contribution < -0.4 is 5.73 Å². The molecule has 0 saturated heterocycles. The maximum atomic E-state index is 11.1. The third kappa shape index (κ3) is 1.50. The Kier molecular flexibility index (Phi) is 2.24. The van der Waals surface area contributed by atoms with Crippen molar-refractivity contribution in [3.05, 3.63) is 11.8 Å². The van der Waals surface area contributed by atoms with Crippen molar-refractivity contribution in [2.75, 3.05) is 12.0 Å². The SMILES string of the molecule is CS(=O)c1nc(N)c2c(C=O)coc2n1. The van der Waals surface area contributed by atoms with Gasteiger partial charge in [0.05, 0.1) is 21.7 Å². The van der Waals surface area contributed by atoms with Crippen LogP contribution in [-0.2, 0) is 10.8 Å². The molecule has 15 heavy (non-hydrogen) atoms. The topological polar surface area (TPSA) is 99.1 Å². The minimum atomic E-state index is -1.34. The third-order valence-corrected chi connectivity index (χ3v) is 2.55. The van der Waals surface area contributed by atoms with Crippen LogP contribution in [0.4, 0.5) is 5.82 Å². The molecule has 0 amide bonds. The van der Waals surface area contributed by atoms with E-state index in [4.69, 9.17) is 10.2 Å². The summed E-state index contributed by atoms with van der Waals surface area (Å²) >= 11 is 0. The first-order valence-corrected chi connectivity index (χ1v) is 5.52. The van der Waals surface area contributed by atoms with E-state index in [-0.39, 0.29) is 22.3 Å². The van der Waals surface area contributed by atoms with Gasteiger partial charge in [-0.1, -0.05) is 0 Å². The first-order chi connectivity index (χ1) is 7.13. The zero-order valence-electron chi connectivity index (χ0n) is 7.76. The predicted molar refractivity (Wildman–Crippen MR) is 53.9 cm³/mol. The second-order valence-corrected chi connectivity index (χ2v) is 4.11. The van der Waals surface area contributed by atoms with Crippen molar-refractivity contribution in [3.63, 3.8) is 0 Å². The van der Waals surface area contributed by atoms with Crippen LogP contribution in [0, 0.1) is 0 Å². The van der Waals surface area contributed by atoms with Gasteiger partial charge in [-0.15, -0.1) is 0 Å². The Morgan fingerprint density at radius 1 is 1.53 bits per heavy atom. The molecule has 0 bridgehead atoms. The van der Waals surface area contributed by atoms with Crippen LogP contribution in [0.1, 0.15) is 10.4 Å². The molecule has 0 spiro atoms. The van der Waals surface area contributed by atoms with Gasteiger partial charge in [0, 0.05) is 6.26 Å². The monoisotopic (exact) mass is 225 g/mol. The van der Waals surface area contributed by atoms with Crippen LogP contribution in [0.2, 0.25) is 0 Å². The molecule has 0 aliphatic rings. The number of aldehydes is 1. The van der Waals surface area contributed by atoms with Crippen molar-refractivity contribution in [3.8, 4) is 0 Å². The van der Waals surface area contributed by atoms with Crippen molar-refractivity contribution >= 4 is 34.0 Å². The van der Waals surface area contributed by atoms with Crippen LogP contribution in [0.3, 0.4) is 0 Å². The molecule has 0 aliphatic carbocycles. The van der Waals surface area contributed by atoms with Gasteiger partial charge >= 0.3 is 0 Å². The summed E-state index contributed by atoms with van der Waals surface area (Å²) in [6.07, 6.45) is 3.28. The lowest BCUT2D eigenvalue weighted by atomic mass is 10.2. The normalized spacial score (nSPS) is 12.9. The Hall–Kier alpha value is -1.76. The molecule has 0 fully saturated rings. The number of furan rings is 1. The number of carbonyl (C=O) groups excluding carboxylic acids is 1. The van der Waals surface area contributed by atoms with Gasteiger partial charge in [0.25, 0.3) is 0 Å². The Labute approximate surface area is 87.0 Å². The van der Waals surface area contributed by atoms with E-state index >= 15 is 0 Å². The molecule has 0 saturated carbocycles. The van der Waals surface area contributed by atoms with E-state index in [1.165, 1.54) is 12.5 Å². The van der Waals surface area contributed by atoms with Crippen molar-refractivity contribution in [2.24, 2.45) is 0 Å². The second kappa shape index (κ2) is 3.43. The molecular formula is C8H7N3O3S. The number of carbonyl (C=O) groups is 1. The Morgan fingerprint density at radius 3 is 2.87 bits per heavy atom. The highest BCUT2D eigenvalue weighted by Gasteiger charge is 2.14. The minimum absolute atomic E-state index is 0.0896. The standard InChI is InChI=1S/C8H7N3O3S/c1-15(13)8-10-6(9)5-4(2-12)3-14-7(5)11-8/h2-3H,1H3,(H2,9,10,11). The highest BCUT2D eigenvalue weighted by atomic mass is 32.2. The zero-order valence-corrected chi connectivity index (χ0v) is 8.58. The first kappa shape index (κ1) is 9.78. The maximum absolute atomic E-state index is 11.1. The highest BCUT2D eigenvalue weighted by Crippen LogP contribution is 2.23. The summed E-state index contributed by atoms with van der Waals surface area (Å²) in [5.41, 5.74) is 6.07. The van der Waals surface area contributed by atoms with E-state index in [0.29, 0.717) is 11.7 Å². The predicted octanol–water partition coefficient (Wildman–Crippen LogP) is 0.355. The molecule has 2 N–H and O–H groups in total. The Bertz CT molecular complexity index is 564. The molecule has 2 aromatic rings. The summed E-state index contributed by atoms with van der Waals surface area (Å²) < 4.78 is 16.2. The number of hydrogen-bond donors (Lipinski definition) is 1. The van der Waals surface area contributed by atoms with Crippen LogP contribution in [0.25, 0.3) is 11.1 Å². The molecule has 0 radical (unpaired) electrons. The summed E-state index contributed by atoms with van der Waals surface area (Å²) in [6.45, 7) is 0. The average molecular weight is 225 g/mol. The maximum Gasteiger partial charge on any atom is 0.232 e. The average Bonchev–Trinajstić information content (AvgIpc) is 2.60. The van der Waals surface area contributed by atoms with Crippen LogP contribution in [0.15, 0.2) is 15.8 Å². The molecule has 2 aromatic heterocycles. The Morgan fingerprint density at radius 2 is 2.27 bits per heavy atom. The fourth-order valence-corrected chi connectivity index (χ4v) is 1.62. The molecule has 78 valence electrons. The number of nitrogens with two attached hydrogens (primary N) is 1. The summed E-state index contributed by atoms with van der Waals surface area (Å²) in [6, 6.07) is 0. The molecule has 1 unspecified atom stereocenters. The molecule has 2 rings (SSSR count). The van der Waals surface area contributed by atoms with Crippen LogP contribution >= 0.6 is 0 Å². The molecule has 0 aromatic carbocycles. The van der Waals surface area contributed by atoms with Crippen LogP contribution in [0.5, 0.6) is 0 Å². The van der Waals surface area contributed by atoms with Gasteiger partial charge in [0.1, 0.15) is 12.1 Å². The van der Waals surface area contributed by atoms with E-state index in [0.717, 1.165) is 0 Å². The molecule has 7 heteroatoms. The highest BCUT2D eigenvalue weighted by molar-refractivity contribution is 7.84. The lowest BCUT2D eigenvalue weighted by Gasteiger charge is -1.98. The van der Waals surface area contributed by atoms with Gasteiger partial charge in [-0.05, 0) is 0 Å². The molecule has 6 nitrogen and oxygen atoms in total. The smallest absolute Gasteiger partial charge is 0.232 e.